The smallest absolute Gasteiger partial charge is 0.167 e. The Morgan fingerprint density at radius 3 is 2.55 bits per heavy atom. The van der Waals surface area contributed by atoms with E-state index in [9.17, 15) is 4.39 Å². The molecule has 1 heterocycles. The van der Waals surface area contributed by atoms with Crippen LogP contribution in [-0.2, 0) is 0 Å². The van der Waals surface area contributed by atoms with Crippen molar-refractivity contribution in [3.63, 3.8) is 0 Å². The number of piperazine rings is 1. The zero-order chi connectivity index (χ0) is 14.4. The molecule has 1 N–H and O–H groups in total. The van der Waals surface area contributed by atoms with Gasteiger partial charge in [-0.05, 0) is 31.5 Å². The molecule has 20 heavy (non-hydrogen) atoms. The zero-order valence-electron chi connectivity index (χ0n) is 12.0. The number of hydrogen-bond donors (Lipinski definition) is 1. The Labute approximate surface area is 119 Å². The molecule has 0 atom stereocenters. The molecular formula is C15H23FN2O2. The van der Waals surface area contributed by atoms with Gasteiger partial charge in [0.1, 0.15) is 0 Å². The van der Waals surface area contributed by atoms with Crippen molar-refractivity contribution in [1.29, 1.82) is 0 Å². The van der Waals surface area contributed by atoms with Gasteiger partial charge in [0, 0.05) is 44.5 Å². The van der Waals surface area contributed by atoms with Crippen molar-refractivity contribution >= 4 is 5.69 Å². The number of nitrogens with zero attached hydrogens (tertiary/aromatic N) is 2. The minimum atomic E-state index is -0.310. The Bertz CT molecular complexity index is 420. The summed E-state index contributed by atoms with van der Waals surface area (Å²) in [6.45, 7) is 5.09. The number of ether oxygens (including phenoxy) is 1. The van der Waals surface area contributed by atoms with Gasteiger partial charge in [-0.3, -0.25) is 4.90 Å². The van der Waals surface area contributed by atoms with Crippen LogP contribution in [-0.4, -0.2) is 56.4 Å². The normalized spacial score (nSPS) is 16.4. The van der Waals surface area contributed by atoms with Gasteiger partial charge >= 0.3 is 0 Å². The van der Waals surface area contributed by atoms with Crippen LogP contribution in [0.1, 0.15) is 12.8 Å². The van der Waals surface area contributed by atoms with Crippen LogP contribution < -0.4 is 9.64 Å². The van der Waals surface area contributed by atoms with E-state index in [0.717, 1.165) is 51.3 Å². The van der Waals surface area contributed by atoms with Crippen LogP contribution in [0.5, 0.6) is 5.75 Å². The highest BCUT2D eigenvalue weighted by molar-refractivity contribution is 5.50. The maximum Gasteiger partial charge on any atom is 0.167 e. The van der Waals surface area contributed by atoms with Gasteiger partial charge in [0.2, 0.25) is 0 Å². The van der Waals surface area contributed by atoms with Crippen molar-refractivity contribution in [2.75, 3.05) is 51.3 Å². The van der Waals surface area contributed by atoms with Crippen LogP contribution >= 0.6 is 0 Å². The molecule has 1 aromatic carbocycles. The second-order valence-corrected chi connectivity index (χ2v) is 5.08. The molecule has 0 amide bonds. The molecule has 0 aromatic heterocycles. The van der Waals surface area contributed by atoms with Crippen molar-refractivity contribution in [3.05, 3.63) is 24.0 Å². The van der Waals surface area contributed by atoms with Gasteiger partial charge in [0.05, 0.1) is 7.11 Å². The van der Waals surface area contributed by atoms with Crippen LogP contribution in [0.2, 0.25) is 0 Å². The molecule has 1 aliphatic heterocycles. The van der Waals surface area contributed by atoms with E-state index in [-0.39, 0.29) is 18.2 Å². The number of hydrogen-bond acceptors (Lipinski definition) is 4. The largest absolute Gasteiger partial charge is 0.494 e. The summed E-state index contributed by atoms with van der Waals surface area (Å²) in [6.07, 6.45) is 1.90. The lowest BCUT2D eigenvalue weighted by atomic mass is 10.2. The van der Waals surface area contributed by atoms with Crippen molar-refractivity contribution < 1.29 is 14.2 Å². The number of aliphatic hydroxyl groups excluding tert-OH is 1. The second kappa shape index (κ2) is 7.45. The lowest BCUT2D eigenvalue weighted by molar-refractivity contribution is 0.232. The third-order valence-electron chi connectivity index (χ3n) is 3.76. The SMILES string of the molecule is COc1ccc(N2CCN(CCCCO)CC2)cc1F. The summed E-state index contributed by atoms with van der Waals surface area (Å²) in [6, 6.07) is 5.13. The number of rotatable bonds is 6. The maximum atomic E-state index is 13.7. The molecule has 0 unspecified atom stereocenters. The van der Waals surface area contributed by atoms with E-state index in [1.165, 1.54) is 7.11 Å². The standard InChI is InChI=1S/C15H23FN2O2/c1-20-15-5-4-13(12-14(15)16)18-9-7-17(8-10-18)6-2-3-11-19/h4-5,12,19H,2-3,6-11H2,1H3. The molecule has 2 rings (SSSR count). The van der Waals surface area contributed by atoms with Crippen LogP contribution in [0.25, 0.3) is 0 Å². The first-order valence-electron chi connectivity index (χ1n) is 7.16. The first kappa shape index (κ1) is 15.1. The fraction of sp³-hybridized carbons (Fsp3) is 0.600. The molecule has 0 aliphatic carbocycles. The first-order valence-corrected chi connectivity index (χ1v) is 7.16. The van der Waals surface area contributed by atoms with Crippen LogP contribution in [0.4, 0.5) is 10.1 Å². The molecular weight excluding hydrogens is 259 g/mol. The van der Waals surface area contributed by atoms with Crippen LogP contribution in [0.15, 0.2) is 18.2 Å². The van der Waals surface area contributed by atoms with Crippen molar-refractivity contribution in [3.8, 4) is 5.75 Å². The quantitative estimate of drug-likeness (QED) is 0.806. The topological polar surface area (TPSA) is 35.9 Å². The summed E-state index contributed by atoms with van der Waals surface area (Å²) in [5, 5.41) is 8.78. The predicted octanol–water partition coefficient (Wildman–Crippen LogP) is 1.73. The van der Waals surface area contributed by atoms with Crippen molar-refractivity contribution in [2.24, 2.45) is 0 Å². The van der Waals surface area contributed by atoms with Crippen LogP contribution in [0, 0.1) is 5.82 Å². The van der Waals surface area contributed by atoms with E-state index in [0.29, 0.717) is 0 Å². The molecule has 1 aromatic rings. The van der Waals surface area contributed by atoms with E-state index in [1.807, 2.05) is 6.07 Å². The van der Waals surface area contributed by atoms with Gasteiger partial charge in [-0.1, -0.05) is 0 Å². The lowest BCUT2D eigenvalue weighted by Gasteiger charge is -2.36. The minimum Gasteiger partial charge on any atom is -0.494 e. The molecule has 112 valence electrons. The second-order valence-electron chi connectivity index (χ2n) is 5.08. The highest BCUT2D eigenvalue weighted by Crippen LogP contribution is 2.24. The number of halogens is 1. The van der Waals surface area contributed by atoms with E-state index >= 15 is 0 Å². The summed E-state index contributed by atoms with van der Waals surface area (Å²) in [4.78, 5) is 4.59. The van der Waals surface area contributed by atoms with E-state index in [1.54, 1.807) is 12.1 Å². The summed E-state index contributed by atoms with van der Waals surface area (Å²) < 4.78 is 18.6. The predicted molar refractivity (Wildman–Crippen MR) is 77.9 cm³/mol. The molecule has 1 aliphatic rings. The average molecular weight is 282 g/mol. The van der Waals surface area contributed by atoms with Gasteiger partial charge in [-0.25, -0.2) is 4.39 Å². The van der Waals surface area contributed by atoms with Gasteiger partial charge in [-0.15, -0.1) is 0 Å². The fourth-order valence-corrected chi connectivity index (χ4v) is 2.53. The zero-order valence-corrected chi connectivity index (χ0v) is 12.0. The number of methoxy groups -OCH3 is 1. The summed E-state index contributed by atoms with van der Waals surface area (Å²) in [5.41, 5.74) is 0.915. The maximum absolute atomic E-state index is 13.7. The van der Waals surface area contributed by atoms with Crippen molar-refractivity contribution in [1.82, 2.24) is 4.90 Å². The van der Waals surface area contributed by atoms with Gasteiger partial charge in [0.25, 0.3) is 0 Å². The molecule has 0 spiro atoms. The lowest BCUT2D eigenvalue weighted by Crippen LogP contribution is -2.46. The minimum absolute atomic E-state index is 0.269. The Hall–Kier alpha value is -1.33. The Kier molecular flexibility index (Phi) is 5.61. The van der Waals surface area contributed by atoms with Crippen LogP contribution in [0.3, 0.4) is 0 Å². The average Bonchev–Trinajstić information content (AvgIpc) is 2.48. The third-order valence-corrected chi connectivity index (χ3v) is 3.76. The molecule has 0 saturated carbocycles. The van der Waals surface area contributed by atoms with E-state index in [4.69, 9.17) is 9.84 Å². The van der Waals surface area contributed by atoms with E-state index < -0.39 is 0 Å². The highest BCUT2D eigenvalue weighted by Gasteiger charge is 2.17. The molecule has 1 saturated heterocycles. The highest BCUT2D eigenvalue weighted by atomic mass is 19.1. The number of anilines is 1. The van der Waals surface area contributed by atoms with Gasteiger partial charge in [-0.2, -0.15) is 0 Å². The molecule has 5 heteroatoms. The van der Waals surface area contributed by atoms with Gasteiger partial charge in [0.15, 0.2) is 11.6 Å². The summed E-state index contributed by atoms with van der Waals surface area (Å²) in [5.74, 6) is -0.0215. The first-order chi connectivity index (χ1) is 9.74. The molecule has 0 radical (unpaired) electrons. The molecule has 0 bridgehead atoms. The Balaban J connectivity index is 1.85. The Morgan fingerprint density at radius 2 is 1.95 bits per heavy atom. The number of aliphatic hydroxyl groups is 1. The van der Waals surface area contributed by atoms with E-state index in [2.05, 4.69) is 9.80 Å². The summed E-state index contributed by atoms with van der Waals surface area (Å²) >= 11 is 0. The number of benzene rings is 1. The fourth-order valence-electron chi connectivity index (χ4n) is 2.53. The summed E-state index contributed by atoms with van der Waals surface area (Å²) in [7, 11) is 1.48. The van der Waals surface area contributed by atoms with Crippen molar-refractivity contribution in [2.45, 2.75) is 12.8 Å². The number of unbranched alkanes of at least 4 members (excludes halogenated alkanes) is 1. The monoisotopic (exact) mass is 282 g/mol. The Morgan fingerprint density at radius 1 is 1.20 bits per heavy atom. The van der Waals surface area contributed by atoms with Gasteiger partial charge < -0.3 is 14.7 Å². The third kappa shape index (κ3) is 3.84. The molecule has 1 fully saturated rings. The molecule has 4 nitrogen and oxygen atoms in total.